The third-order valence-electron chi connectivity index (χ3n) is 2.96. The van der Waals surface area contributed by atoms with Gasteiger partial charge in [-0.3, -0.25) is 4.79 Å². The molecule has 0 aliphatic heterocycles. The zero-order valence-electron chi connectivity index (χ0n) is 12.6. The number of benzene rings is 2. The number of nitrogens with one attached hydrogen (secondary N) is 1. The summed E-state index contributed by atoms with van der Waals surface area (Å²) in [7, 11) is 0. The minimum absolute atomic E-state index is 0.230. The number of anilines is 1. The average molecular weight is 330 g/mol. The van der Waals surface area contributed by atoms with E-state index in [-0.39, 0.29) is 23.1 Å². The Morgan fingerprint density at radius 1 is 1.17 bits per heavy atom. The molecule has 0 aromatic heterocycles. The molecule has 4 nitrogen and oxygen atoms in total. The highest BCUT2D eigenvalue weighted by molar-refractivity contribution is 6.34. The number of ether oxygens (including phenoxy) is 1. The van der Waals surface area contributed by atoms with Gasteiger partial charge in [0.1, 0.15) is 0 Å². The Morgan fingerprint density at radius 3 is 2.57 bits per heavy atom. The normalized spacial score (nSPS) is 10.5. The summed E-state index contributed by atoms with van der Waals surface area (Å²) in [5.74, 6) is -0.770. The van der Waals surface area contributed by atoms with Gasteiger partial charge in [-0.25, -0.2) is 4.79 Å². The van der Waals surface area contributed by atoms with Crippen molar-refractivity contribution in [2.75, 3.05) is 11.9 Å². The third-order valence-corrected chi connectivity index (χ3v) is 3.27. The summed E-state index contributed by atoms with van der Waals surface area (Å²) < 4.78 is 4.90. The van der Waals surface area contributed by atoms with Gasteiger partial charge in [-0.05, 0) is 36.8 Å². The van der Waals surface area contributed by atoms with Crippen LogP contribution in [0.5, 0.6) is 0 Å². The molecule has 0 unspecified atom stereocenters. The van der Waals surface area contributed by atoms with E-state index in [9.17, 15) is 9.59 Å². The molecule has 5 heteroatoms. The van der Waals surface area contributed by atoms with E-state index in [1.165, 1.54) is 18.2 Å². The summed E-state index contributed by atoms with van der Waals surface area (Å²) in [6.07, 6.45) is 3.15. The third kappa shape index (κ3) is 4.97. The highest BCUT2D eigenvalue weighted by Crippen LogP contribution is 2.22. The molecule has 1 N–H and O–H groups in total. The summed E-state index contributed by atoms with van der Waals surface area (Å²) in [6.45, 7) is 2.00. The van der Waals surface area contributed by atoms with Gasteiger partial charge < -0.3 is 10.1 Å². The fourth-order valence-electron chi connectivity index (χ4n) is 1.89. The summed E-state index contributed by atoms with van der Waals surface area (Å²) in [4.78, 5) is 23.5. The van der Waals surface area contributed by atoms with Crippen LogP contribution in [-0.2, 0) is 9.53 Å². The fraction of sp³-hybridized carbons (Fsp3) is 0.111. The Hall–Kier alpha value is -2.59. The van der Waals surface area contributed by atoms with E-state index in [1.54, 1.807) is 19.1 Å². The number of carbonyl (C=O) groups excluding carboxylic acids is 2. The maximum atomic E-state index is 11.9. The van der Waals surface area contributed by atoms with Gasteiger partial charge in [-0.2, -0.15) is 0 Å². The van der Waals surface area contributed by atoms with E-state index < -0.39 is 5.97 Å². The lowest BCUT2D eigenvalue weighted by Crippen LogP contribution is -2.09. The average Bonchev–Trinajstić information content (AvgIpc) is 2.54. The van der Waals surface area contributed by atoms with Crippen molar-refractivity contribution in [3.63, 3.8) is 0 Å². The Kier molecular flexibility index (Phi) is 5.94. The molecule has 23 heavy (non-hydrogen) atoms. The molecule has 0 radical (unpaired) electrons. The highest BCUT2D eigenvalue weighted by atomic mass is 35.5. The Labute approximate surface area is 139 Å². The second kappa shape index (κ2) is 8.15. The summed E-state index contributed by atoms with van der Waals surface area (Å²) >= 11 is 6.05. The van der Waals surface area contributed by atoms with Crippen molar-refractivity contribution in [3.05, 3.63) is 70.8 Å². The number of carbonyl (C=O) groups is 2. The molecule has 2 aromatic carbocycles. The first kappa shape index (κ1) is 16.8. The summed E-state index contributed by atoms with van der Waals surface area (Å²) in [5.41, 5.74) is 1.70. The van der Waals surface area contributed by atoms with Crippen LogP contribution in [0.4, 0.5) is 5.69 Å². The van der Waals surface area contributed by atoms with Crippen molar-refractivity contribution in [1.29, 1.82) is 0 Å². The summed E-state index contributed by atoms with van der Waals surface area (Å²) in [6, 6.07) is 14.1. The van der Waals surface area contributed by atoms with Crippen LogP contribution in [0, 0.1) is 0 Å². The van der Waals surface area contributed by atoms with Crippen LogP contribution in [0.3, 0.4) is 0 Å². The van der Waals surface area contributed by atoms with Crippen LogP contribution in [0.25, 0.3) is 6.08 Å². The van der Waals surface area contributed by atoms with Crippen LogP contribution < -0.4 is 5.32 Å². The molecule has 0 bridgehead atoms. The lowest BCUT2D eigenvalue weighted by Gasteiger charge is -2.07. The molecule has 0 atom stereocenters. The molecule has 0 heterocycles. The van der Waals surface area contributed by atoms with Gasteiger partial charge in [0.25, 0.3) is 0 Å². The van der Waals surface area contributed by atoms with Crippen molar-refractivity contribution < 1.29 is 14.3 Å². The highest BCUT2D eigenvalue weighted by Gasteiger charge is 2.12. The Balaban J connectivity index is 2.03. The molecule has 2 rings (SSSR count). The van der Waals surface area contributed by atoms with Gasteiger partial charge in [-0.1, -0.05) is 41.9 Å². The van der Waals surface area contributed by atoms with Gasteiger partial charge in [0, 0.05) is 11.8 Å². The topological polar surface area (TPSA) is 55.4 Å². The number of hydrogen-bond acceptors (Lipinski definition) is 3. The zero-order valence-corrected chi connectivity index (χ0v) is 13.3. The van der Waals surface area contributed by atoms with E-state index in [2.05, 4.69) is 5.32 Å². The quantitative estimate of drug-likeness (QED) is 0.661. The number of esters is 1. The second-order valence-corrected chi connectivity index (χ2v) is 5.06. The maximum Gasteiger partial charge on any atom is 0.339 e. The molecule has 0 fully saturated rings. The first-order chi connectivity index (χ1) is 11.1. The summed E-state index contributed by atoms with van der Waals surface area (Å²) in [5, 5.41) is 2.92. The van der Waals surface area contributed by atoms with Gasteiger partial charge in [-0.15, -0.1) is 0 Å². The maximum absolute atomic E-state index is 11.9. The number of hydrogen-bond donors (Lipinski definition) is 1. The van der Waals surface area contributed by atoms with E-state index in [0.717, 1.165) is 5.56 Å². The zero-order chi connectivity index (χ0) is 16.7. The SMILES string of the molecule is CCOC(=O)c1ccc(NC(=O)/C=C/c2ccccc2)cc1Cl. The van der Waals surface area contributed by atoms with E-state index in [4.69, 9.17) is 16.3 Å². The fourth-order valence-corrected chi connectivity index (χ4v) is 2.14. The van der Waals surface area contributed by atoms with Crippen LogP contribution >= 0.6 is 11.6 Å². The van der Waals surface area contributed by atoms with Crippen molar-refractivity contribution in [2.24, 2.45) is 0 Å². The van der Waals surface area contributed by atoms with E-state index >= 15 is 0 Å². The smallest absolute Gasteiger partial charge is 0.339 e. The molecule has 0 saturated heterocycles. The van der Waals surface area contributed by atoms with Gasteiger partial charge in [0.05, 0.1) is 17.2 Å². The molecule has 0 spiro atoms. The minimum atomic E-state index is -0.487. The number of rotatable bonds is 5. The van der Waals surface area contributed by atoms with Crippen LogP contribution in [0.1, 0.15) is 22.8 Å². The predicted octanol–water partition coefficient (Wildman–Crippen LogP) is 4.17. The van der Waals surface area contributed by atoms with Crippen molar-refractivity contribution in [3.8, 4) is 0 Å². The second-order valence-electron chi connectivity index (χ2n) is 4.65. The lowest BCUT2D eigenvalue weighted by atomic mass is 10.2. The van der Waals surface area contributed by atoms with E-state index in [1.807, 2.05) is 30.3 Å². The van der Waals surface area contributed by atoms with Gasteiger partial charge >= 0.3 is 5.97 Å². The largest absolute Gasteiger partial charge is 0.462 e. The Morgan fingerprint density at radius 2 is 1.91 bits per heavy atom. The Bertz CT molecular complexity index is 726. The molecule has 0 saturated carbocycles. The van der Waals surface area contributed by atoms with Gasteiger partial charge in [0.2, 0.25) is 5.91 Å². The van der Waals surface area contributed by atoms with Crippen LogP contribution in [0.2, 0.25) is 5.02 Å². The molecule has 2 aromatic rings. The lowest BCUT2D eigenvalue weighted by molar-refractivity contribution is -0.111. The van der Waals surface area contributed by atoms with Crippen LogP contribution in [0.15, 0.2) is 54.6 Å². The predicted molar refractivity (Wildman–Crippen MR) is 91.5 cm³/mol. The minimum Gasteiger partial charge on any atom is -0.462 e. The number of amides is 1. The molecule has 0 aliphatic rings. The molecule has 118 valence electrons. The molecule has 0 aliphatic carbocycles. The van der Waals surface area contributed by atoms with Gasteiger partial charge in [0.15, 0.2) is 0 Å². The van der Waals surface area contributed by atoms with Crippen LogP contribution in [-0.4, -0.2) is 18.5 Å². The first-order valence-electron chi connectivity index (χ1n) is 7.11. The standard InChI is InChI=1S/C18H16ClNO3/c1-2-23-18(22)15-10-9-14(12-16(15)19)20-17(21)11-8-13-6-4-3-5-7-13/h3-12H,2H2,1H3,(H,20,21)/b11-8+. The molecular weight excluding hydrogens is 314 g/mol. The number of halogens is 1. The van der Waals surface area contributed by atoms with Crippen molar-refractivity contribution >= 4 is 35.2 Å². The monoisotopic (exact) mass is 329 g/mol. The first-order valence-corrected chi connectivity index (χ1v) is 7.48. The molecule has 1 amide bonds. The van der Waals surface area contributed by atoms with Crippen molar-refractivity contribution in [2.45, 2.75) is 6.92 Å². The molecular formula is C18H16ClNO3. The van der Waals surface area contributed by atoms with Crippen molar-refractivity contribution in [1.82, 2.24) is 0 Å². The van der Waals surface area contributed by atoms with E-state index in [0.29, 0.717) is 5.69 Å².